The molecule has 25 heavy (non-hydrogen) atoms. The van der Waals surface area contributed by atoms with E-state index in [1.807, 2.05) is 31.4 Å². The summed E-state index contributed by atoms with van der Waals surface area (Å²) in [6.07, 6.45) is 4.04. The minimum absolute atomic E-state index is 0.118. The summed E-state index contributed by atoms with van der Waals surface area (Å²) in [5.41, 5.74) is 2.81. The zero-order chi connectivity index (χ0) is 17.9. The summed E-state index contributed by atoms with van der Waals surface area (Å²) < 4.78 is 35.6. The Bertz CT molecular complexity index is 846. The van der Waals surface area contributed by atoms with E-state index in [9.17, 15) is 8.42 Å². The first-order valence-corrected chi connectivity index (χ1v) is 10.3. The standard InChI is InChI=1S/C17H23N3O4S/c1-20-12-14(11-18-6-9-25(2,21)22)17(19-20)13-4-5-15-16(10-13)24-8-3-7-23-15/h4-5,10,12,18H,3,6-9,11H2,1-2H3. The van der Waals surface area contributed by atoms with Gasteiger partial charge in [0.1, 0.15) is 9.84 Å². The SMILES string of the molecule is Cn1cc(CNCCS(C)(=O)=O)c(-c2ccc3c(c2)OCCCO3)n1. The van der Waals surface area contributed by atoms with E-state index in [-0.39, 0.29) is 5.75 Å². The molecule has 136 valence electrons. The molecule has 1 N–H and O–H groups in total. The molecule has 2 heterocycles. The molecule has 0 saturated carbocycles. The number of ether oxygens (including phenoxy) is 2. The Kier molecular flexibility index (Phi) is 5.29. The molecule has 1 aromatic heterocycles. The second-order valence-corrected chi connectivity index (χ2v) is 8.46. The maximum absolute atomic E-state index is 11.2. The molecule has 0 radical (unpaired) electrons. The van der Waals surface area contributed by atoms with Gasteiger partial charge in [-0.3, -0.25) is 4.68 Å². The monoisotopic (exact) mass is 365 g/mol. The number of hydrogen-bond acceptors (Lipinski definition) is 6. The highest BCUT2D eigenvalue weighted by atomic mass is 32.2. The predicted molar refractivity (Wildman–Crippen MR) is 95.7 cm³/mol. The van der Waals surface area contributed by atoms with Crippen molar-refractivity contribution in [1.82, 2.24) is 15.1 Å². The van der Waals surface area contributed by atoms with Crippen LogP contribution >= 0.6 is 0 Å². The Morgan fingerprint density at radius 2 is 2.00 bits per heavy atom. The molecule has 1 aliphatic heterocycles. The third-order valence-corrected chi connectivity index (χ3v) is 4.84. The van der Waals surface area contributed by atoms with Gasteiger partial charge in [0.2, 0.25) is 0 Å². The lowest BCUT2D eigenvalue weighted by Gasteiger charge is -2.09. The Morgan fingerprint density at radius 1 is 1.24 bits per heavy atom. The van der Waals surface area contributed by atoms with Crippen LogP contribution < -0.4 is 14.8 Å². The maximum atomic E-state index is 11.2. The second-order valence-electron chi connectivity index (χ2n) is 6.20. The Balaban J connectivity index is 1.77. The molecule has 0 unspecified atom stereocenters. The lowest BCUT2D eigenvalue weighted by molar-refractivity contribution is 0.297. The number of rotatable bonds is 6. The summed E-state index contributed by atoms with van der Waals surface area (Å²) in [7, 11) is -1.10. The van der Waals surface area contributed by atoms with Gasteiger partial charge in [-0.15, -0.1) is 0 Å². The summed E-state index contributed by atoms with van der Waals surface area (Å²) >= 11 is 0. The molecule has 0 aliphatic carbocycles. The first-order chi connectivity index (χ1) is 11.9. The lowest BCUT2D eigenvalue weighted by atomic mass is 10.1. The van der Waals surface area contributed by atoms with Crippen LogP contribution in [0.1, 0.15) is 12.0 Å². The van der Waals surface area contributed by atoms with E-state index in [0.717, 1.165) is 34.7 Å². The highest BCUT2D eigenvalue weighted by Crippen LogP contribution is 2.34. The van der Waals surface area contributed by atoms with E-state index in [2.05, 4.69) is 10.4 Å². The highest BCUT2D eigenvalue weighted by molar-refractivity contribution is 7.90. The molecule has 8 heteroatoms. The predicted octanol–water partition coefficient (Wildman–Crippen LogP) is 1.38. The Hall–Kier alpha value is -2.06. The van der Waals surface area contributed by atoms with Gasteiger partial charge in [0.25, 0.3) is 0 Å². The van der Waals surface area contributed by atoms with Gasteiger partial charge in [-0.05, 0) is 18.2 Å². The van der Waals surface area contributed by atoms with Crippen molar-refractivity contribution in [3.8, 4) is 22.8 Å². The van der Waals surface area contributed by atoms with Crippen LogP contribution in [0.3, 0.4) is 0 Å². The average Bonchev–Trinajstić information content (AvgIpc) is 2.77. The number of nitrogens with zero attached hydrogens (tertiary/aromatic N) is 2. The first-order valence-electron chi connectivity index (χ1n) is 8.23. The number of sulfone groups is 1. The fourth-order valence-electron chi connectivity index (χ4n) is 2.70. The molecule has 2 aromatic rings. The molecule has 0 bridgehead atoms. The van der Waals surface area contributed by atoms with Gasteiger partial charge < -0.3 is 14.8 Å². The molecule has 3 rings (SSSR count). The van der Waals surface area contributed by atoms with Gasteiger partial charge in [-0.2, -0.15) is 5.10 Å². The van der Waals surface area contributed by atoms with Crippen molar-refractivity contribution in [3.63, 3.8) is 0 Å². The van der Waals surface area contributed by atoms with E-state index in [1.165, 1.54) is 6.26 Å². The molecule has 0 spiro atoms. The van der Waals surface area contributed by atoms with Crippen molar-refractivity contribution in [1.29, 1.82) is 0 Å². The van der Waals surface area contributed by atoms with Gasteiger partial charge in [-0.1, -0.05) is 0 Å². The maximum Gasteiger partial charge on any atom is 0.161 e. The Morgan fingerprint density at radius 3 is 2.76 bits per heavy atom. The van der Waals surface area contributed by atoms with Crippen molar-refractivity contribution in [2.24, 2.45) is 7.05 Å². The minimum Gasteiger partial charge on any atom is -0.490 e. The number of nitrogens with one attached hydrogen (secondary N) is 1. The molecular formula is C17H23N3O4S. The zero-order valence-corrected chi connectivity index (χ0v) is 15.3. The summed E-state index contributed by atoms with van der Waals surface area (Å²) in [6.45, 7) is 2.26. The average molecular weight is 365 g/mol. The summed E-state index contributed by atoms with van der Waals surface area (Å²) in [6, 6.07) is 5.82. The van der Waals surface area contributed by atoms with E-state index in [0.29, 0.717) is 26.3 Å². The summed E-state index contributed by atoms with van der Waals surface area (Å²) in [4.78, 5) is 0. The van der Waals surface area contributed by atoms with E-state index >= 15 is 0 Å². The normalized spacial score (nSPS) is 14.3. The van der Waals surface area contributed by atoms with Gasteiger partial charge >= 0.3 is 0 Å². The summed E-state index contributed by atoms with van der Waals surface area (Å²) in [5, 5.41) is 7.71. The van der Waals surface area contributed by atoms with Crippen molar-refractivity contribution in [2.75, 3.05) is 31.8 Å². The van der Waals surface area contributed by atoms with Gasteiger partial charge in [0.05, 0.1) is 24.7 Å². The molecule has 0 fully saturated rings. The fraction of sp³-hybridized carbons (Fsp3) is 0.471. The molecule has 0 saturated heterocycles. The van der Waals surface area contributed by atoms with Crippen LogP contribution in [0.2, 0.25) is 0 Å². The number of fused-ring (bicyclic) bond motifs is 1. The third-order valence-electron chi connectivity index (χ3n) is 3.89. The number of hydrogen-bond donors (Lipinski definition) is 1. The molecule has 7 nitrogen and oxygen atoms in total. The van der Waals surface area contributed by atoms with E-state index < -0.39 is 9.84 Å². The van der Waals surface area contributed by atoms with Crippen molar-refractivity contribution in [3.05, 3.63) is 30.0 Å². The van der Waals surface area contributed by atoms with Gasteiger partial charge in [0.15, 0.2) is 11.5 Å². The van der Waals surface area contributed by atoms with Crippen LogP contribution in [0.25, 0.3) is 11.3 Å². The largest absolute Gasteiger partial charge is 0.490 e. The molecule has 1 aliphatic rings. The lowest BCUT2D eigenvalue weighted by Crippen LogP contribution is -2.22. The van der Waals surface area contributed by atoms with Crippen molar-refractivity contribution < 1.29 is 17.9 Å². The van der Waals surface area contributed by atoms with Gasteiger partial charge in [0, 0.05) is 50.1 Å². The second kappa shape index (κ2) is 7.45. The van der Waals surface area contributed by atoms with Crippen LogP contribution in [0.5, 0.6) is 11.5 Å². The van der Waals surface area contributed by atoms with Gasteiger partial charge in [-0.25, -0.2) is 8.42 Å². The van der Waals surface area contributed by atoms with E-state index in [1.54, 1.807) is 4.68 Å². The van der Waals surface area contributed by atoms with Crippen LogP contribution in [0, 0.1) is 0 Å². The van der Waals surface area contributed by atoms with Crippen molar-refractivity contribution in [2.45, 2.75) is 13.0 Å². The number of benzene rings is 1. The first kappa shape index (κ1) is 17.8. The molecule has 1 aromatic carbocycles. The van der Waals surface area contributed by atoms with E-state index in [4.69, 9.17) is 9.47 Å². The fourth-order valence-corrected chi connectivity index (χ4v) is 3.22. The van der Waals surface area contributed by atoms with Crippen LogP contribution in [0.15, 0.2) is 24.4 Å². The third kappa shape index (κ3) is 4.73. The van der Waals surface area contributed by atoms with Crippen LogP contribution in [-0.4, -0.2) is 50.0 Å². The number of aryl methyl sites for hydroxylation is 1. The minimum atomic E-state index is -2.96. The highest BCUT2D eigenvalue weighted by Gasteiger charge is 2.15. The summed E-state index contributed by atoms with van der Waals surface area (Å²) in [5.74, 6) is 1.61. The zero-order valence-electron chi connectivity index (χ0n) is 14.5. The van der Waals surface area contributed by atoms with Crippen molar-refractivity contribution >= 4 is 9.84 Å². The molecule has 0 amide bonds. The topological polar surface area (TPSA) is 82.5 Å². The van der Waals surface area contributed by atoms with Crippen LogP contribution in [0.4, 0.5) is 0 Å². The molecule has 0 atom stereocenters. The molecular weight excluding hydrogens is 342 g/mol. The quantitative estimate of drug-likeness (QED) is 0.779. The Labute approximate surface area is 147 Å². The smallest absolute Gasteiger partial charge is 0.161 e. The number of aromatic nitrogens is 2. The van der Waals surface area contributed by atoms with Crippen LogP contribution in [-0.2, 0) is 23.4 Å².